The van der Waals surface area contributed by atoms with Gasteiger partial charge in [0.25, 0.3) is 0 Å². The lowest BCUT2D eigenvalue weighted by Gasteiger charge is -2.51. The number of anilines is 1. The molecule has 1 saturated carbocycles. The Hall–Kier alpha value is -0.870. The van der Waals surface area contributed by atoms with E-state index in [0.717, 1.165) is 17.8 Å². The summed E-state index contributed by atoms with van der Waals surface area (Å²) in [6.45, 7) is 6.36. The lowest BCUT2D eigenvalue weighted by molar-refractivity contribution is -0.0795. The molecule has 0 aliphatic heterocycles. The van der Waals surface area contributed by atoms with Crippen LogP contribution in [0, 0.1) is 12.3 Å². The first-order valence-corrected chi connectivity index (χ1v) is 6.11. The number of hydrogen-bond donors (Lipinski definition) is 1. The van der Waals surface area contributed by atoms with Gasteiger partial charge in [-0.25, -0.2) is 9.97 Å². The van der Waals surface area contributed by atoms with Crippen LogP contribution in [0.1, 0.15) is 25.8 Å². The molecule has 4 nitrogen and oxygen atoms in total. The number of ether oxygens (including phenoxy) is 1. The van der Waals surface area contributed by atoms with E-state index < -0.39 is 0 Å². The molecule has 0 spiro atoms. The lowest BCUT2D eigenvalue weighted by atomic mass is 9.64. The number of hydrogen-bond acceptors (Lipinski definition) is 4. The molecule has 0 amide bonds. The van der Waals surface area contributed by atoms with Crippen LogP contribution in [0.25, 0.3) is 0 Å². The molecule has 2 rings (SSSR count). The summed E-state index contributed by atoms with van der Waals surface area (Å²) >= 11 is 5.80. The maximum Gasteiger partial charge on any atom is 0.224 e. The van der Waals surface area contributed by atoms with Crippen molar-refractivity contribution in [3.05, 3.63) is 17.0 Å². The van der Waals surface area contributed by atoms with Crippen molar-refractivity contribution >= 4 is 17.4 Å². The van der Waals surface area contributed by atoms with Gasteiger partial charge in [0.15, 0.2) is 0 Å². The summed E-state index contributed by atoms with van der Waals surface area (Å²) in [5.41, 5.74) is 1.12. The fourth-order valence-corrected chi connectivity index (χ4v) is 2.40. The SMILES string of the molecule is COC1CC(Nc2nc(Cl)ncc2C)C1(C)C. The number of nitrogens with zero attached hydrogens (tertiary/aromatic N) is 2. The van der Waals surface area contributed by atoms with Crippen LogP contribution in [0.2, 0.25) is 5.28 Å². The zero-order valence-electron chi connectivity index (χ0n) is 10.6. The number of nitrogens with one attached hydrogen (secondary N) is 1. The van der Waals surface area contributed by atoms with Crippen LogP contribution < -0.4 is 5.32 Å². The molecule has 1 N–H and O–H groups in total. The quantitative estimate of drug-likeness (QED) is 0.844. The van der Waals surface area contributed by atoms with E-state index in [1.165, 1.54) is 0 Å². The zero-order chi connectivity index (χ0) is 12.6. The number of aromatic nitrogens is 2. The summed E-state index contributed by atoms with van der Waals surface area (Å²) < 4.78 is 5.42. The molecule has 1 fully saturated rings. The second-order valence-corrected chi connectivity index (χ2v) is 5.49. The van der Waals surface area contributed by atoms with Gasteiger partial charge in [-0.15, -0.1) is 0 Å². The fourth-order valence-electron chi connectivity index (χ4n) is 2.26. The van der Waals surface area contributed by atoms with Gasteiger partial charge in [-0.05, 0) is 24.9 Å². The highest BCUT2D eigenvalue weighted by atomic mass is 35.5. The average molecular weight is 256 g/mol. The van der Waals surface area contributed by atoms with Gasteiger partial charge >= 0.3 is 0 Å². The van der Waals surface area contributed by atoms with Gasteiger partial charge in [0, 0.05) is 30.3 Å². The highest BCUT2D eigenvalue weighted by Gasteiger charge is 2.48. The molecule has 17 heavy (non-hydrogen) atoms. The Morgan fingerprint density at radius 1 is 1.53 bits per heavy atom. The maximum atomic E-state index is 5.80. The molecule has 5 heteroatoms. The molecule has 1 aromatic heterocycles. The van der Waals surface area contributed by atoms with Crippen LogP contribution in [-0.2, 0) is 4.74 Å². The van der Waals surface area contributed by atoms with Crippen molar-refractivity contribution in [2.75, 3.05) is 12.4 Å². The first-order valence-electron chi connectivity index (χ1n) is 5.73. The number of rotatable bonds is 3. The molecular weight excluding hydrogens is 238 g/mol. The van der Waals surface area contributed by atoms with Crippen molar-refractivity contribution < 1.29 is 4.74 Å². The van der Waals surface area contributed by atoms with Crippen molar-refractivity contribution in [3.8, 4) is 0 Å². The fraction of sp³-hybridized carbons (Fsp3) is 0.667. The Balaban J connectivity index is 2.10. The Kier molecular flexibility index (Phi) is 3.27. The van der Waals surface area contributed by atoms with Crippen molar-refractivity contribution in [3.63, 3.8) is 0 Å². The number of aryl methyl sites for hydroxylation is 1. The van der Waals surface area contributed by atoms with Crippen LogP contribution in [0.3, 0.4) is 0 Å². The molecular formula is C12H18ClN3O. The van der Waals surface area contributed by atoms with Crippen LogP contribution >= 0.6 is 11.6 Å². The molecule has 1 aromatic rings. The normalized spacial score (nSPS) is 26.4. The molecule has 94 valence electrons. The Labute approximate surface area is 107 Å². The minimum atomic E-state index is 0.110. The van der Waals surface area contributed by atoms with E-state index in [1.54, 1.807) is 13.3 Å². The van der Waals surface area contributed by atoms with E-state index in [0.29, 0.717) is 12.1 Å². The summed E-state index contributed by atoms with van der Waals surface area (Å²) in [4.78, 5) is 8.16. The summed E-state index contributed by atoms with van der Waals surface area (Å²) in [5.74, 6) is 0.817. The first-order chi connectivity index (χ1) is 7.95. The number of halogens is 1. The molecule has 1 aliphatic carbocycles. The third-order valence-electron chi connectivity index (χ3n) is 3.72. The lowest BCUT2D eigenvalue weighted by Crippen LogP contribution is -2.57. The minimum Gasteiger partial charge on any atom is -0.381 e. The standard InChI is InChI=1S/C12H18ClN3O/c1-7-6-14-11(13)16-10(7)15-8-5-9(17-4)12(8,2)3/h6,8-9H,5H2,1-4H3,(H,14,15,16). The average Bonchev–Trinajstić information content (AvgIpc) is 2.28. The molecule has 2 unspecified atom stereocenters. The Morgan fingerprint density at radius 2 is 2.24 bits per heavy atom. The maximum absolute atomic E-state index is 5.80. The molecule has 1 aliphatic rings. The Bertz CT molecular complexity index is 422. The van der Waals surface area contributed by atoms with Gasteiger partial charge in [-0.1, -0.05) is 13.8 Å². The molecule has 0 radical (unpaired) electrons. The van der Waals surface area contributed by atoms with Crippen molar-refractivity contribution in [1.82, 2.24) is 9.97 Å². The molecule has 1 heterocycles. The second-order valence-electron chi connectivity index (χ2n) is 5.15. The zero-order valence-corrected chi connectivity index (χ0v) is 11.4. The van der Waals surface area contributed by atoms with Crippen molar-refractivity contribution in [2.24, 2.45) is 5.41 Å². The summed E-state index contributed by atoms with van der Waals surface area (Å²) in [6, 6.07) is 0.358. The van der Waals surface area contributed by atoms with Crippen LogP contribution in [-0.4, -0.2) is 29.2 Å². The smallest absolute Gasteiger partial charge is 0.224 e. The minimum absolute atomic E-state index is 0.110. The largest absolute Gasteiger partial charge is 0.381 e. The summed E-state index contributed by atoms with van der Waals surface area (Å²) in [6.07, 6.45) is 3.03. The number of methoxy groups -OCH3 is 1. The topological polar surface area (TPSA) is 47.0 Å². The van der Waals surface area contributed by atoms with Crippen LogP contribution in [0.15, 0.2) is 6.20 Å². The van der Waals surface area contributed by atoms with E-state index in [1.807, 2.05) is 6.92 Å². The van der Waals surface area contributed by atoms with Gasteiger partial charge < -0.3 is 10.1 Å². The molecule has 2 atom stereocenters. The predicted octanol–water partition coefficient (Wildman–Crippen LogP) is 2.66. The highest BCUT2D eigenvalue weighted by molar-refractivity contribution is 6.28. The van der Waals surface area contributed by atoms with Gasteiger partial charge in [-0.2, -0.15) is 0 Å². The second kappa shape index (κ2) is 4.42. The van der Waals surface area contributed by atoms with E-state index in [-0.39, 0.29) is 10.7 Å². The predicted molar refractivity (Wildman–Crippen MR) is 68.4 cm³/mol. The molecule has 0 aromatic carbocycles. The molecule has 0 bridgehead atoms. The van der Waals surface area contributed by atoms with E-state index in [4.69, 9.17) is 16.3 Å². The van der Waals surface area contributed by atoms with E-state index in [9.17, 15) is 0 Å². The van der Waals surface area contributed by atoms with Crippen LogP contribution in [0.5, 0.6) is 0 Å². The van der Waals surface area contributed by atoms with Crippen molar-refractivity contribution in [1.29, 1.82) is 0 Å². The van der Waals surface area contributed by atoms with Gasteiger partial charge in [0.05, 0.1) is 6.10 Å². The van der Waals surface area contributed by atoms with E-state index in [2.05, 4.69) is 29.1 Å². The third kappa shape index (κ3) is 2.24. The van der Waals surface area contributed by atoms with Gasteiger partial charge in [-0.3, -0.25) is 0 Å². The van der Waals surface area contributed by atoms with Gasteiger partial charge in [0.2, 0.25) is 5.28 Å². The van der Waals surface area contributed by atoms with Gasteiger partial charge in [0.1, 0.15) is 5.82 Å². The monoisotopic (exact) mass is 255 g/mol. The first kappa shape index (κ1) is 12.6. The summed E-state index contributed by atoms with van der Waals surface area (Å²) in [7, 11) is 1.76. The highest BCUT2D eigenvalue weighted by Crippen LogP contribution is 2.44. The summed E-state index contributed by atoms with van der Waals surface area (Å²) in [5, 5.41) is 3.70. The van der Waals surface area contributed by atoms with Crippen LogP contribution in [0.4, 0.5) is 5.82 Å². The molecule has 0 saturated heterocycles. The third-order valence-corrected chi connectivity index (χ3v) is 3.90. The Morgan fingerprint density at radius 3 is 2.82 bits per heavy atom. The van der Waals surface area contributed by atoms with E-state index >= 15 is 0 Å². The van der Waals surface area contributed by atoms with Crippen molar-refractivity contribution in [2.45, 2.75) is 39.3 Å².